The van der Waals surface area contributed by atoms with E-state index in [9.17, 15) is 29.7 Å². The average Bonchev–Trinajstić information content (AvgIpc) is 2.72. The van der Waals surface area contributed by atoms with Gasteiger partial charge in [-0.25, -0.2) is 4.79 Å². The molecule has 0 bridgehead atoms. The molecule has 0 atom stereocenters. The molecule has 7 heteroatoms. The molecular weight excluding hydrogens is 388 g/mol. The molecule has 0 radical (unpaired) electrons. The number of aromatic hydroxyl groups is 3. The summed E-state index contributed by atoms with van der Waals surface area (Å²) in [5.74, 6) is -3.78. The molecule has 1 aliphatic rings. The highest BCUT2D eigenvalue weighted by atomic mass is 16.5. The minimum Gasteiger partial charge on any atom is -0.507 e. The second-order valence-corrected chi connectivity index (χ2v) is 6.89. The molecule has 1 aliphatic carbocycles. The van der Waals surface area contributed by atoms with Gasteiger partial charge in [-0.05, 0) is 36.2 Å². The van der Waals surface area contributed by atoms with Crippen molar-refractivity contribution in [3.8, 4) is 17.2 Å². The Morgan fingerprint density at radius 3 is 2.07 bits per heavy atom. The molecule has 30 heavy (non-hydrogen) atoms. The first-order chi connectivity index (χ1) is 14.3. The number of esters is 1. The molecule has 0 amide bonds. The van der Waals surface area contributed by atoms with Crippen LogP contribution in [0.3, 0.4) is 0 Å². The Hall–Kier alpha value is -4.13. The van der Waals surface area contributed by atoms with Crippen molar-refractivity contribution in [1.29, 1.82) is 0 Å². The summed E-state index contributed by atoms with van der Waals surface area (Å²) in [5, 5.41) is 30.6. The van der Waals surface area contributed by atoms with Gasteiger partial charge in [-0.1, -0.05) is 30.3 Å². The Labute approximate surface area is 170 Å². The number of phenolic OH excluding ortho intramolecular Hbond substituents is 3. The molecule has 0 unspecified atom stereocenters. The number of benzene rings is 3. The summed E-state index contributed by atoms with van der Waals surface area (Å²) in [7, 11) is 0. The van der Waals surface area contributed by atoms with Crippen LogP contribution in [0.5, 0.6) is 17.2 Å². The van der Waals surface area contributed by atoms with Crippen molar-refractivity contribution >= 4 is 17.5 Å². The standard InChI is InChI=1S/C23H16O7/c1-11-17-13(21(27)19-14(24)7-8-15(25)20(19)22(17)28)9-16(26)18(11)23(29)30-10-12-5-3-2-4-6-12/h2-9,24-26H,10H2,1H3. The van der Waals surface area contributed by atoms with Crippen LogP contribution in [-0.4, -0.2) is 32.9 Å². The molecule has 0 aromatic heterocycles. The van der Waals surface area contributed by atoms with Crippen molar-refractivity contribution < 1.29 is 34.4 Å². The maximum atomic E-state index is 13.1. The van der Waals surface area contributed by atoms with E-state index in [-0.39, 0.29) is 40.0 Å². The van der Waals surface area contributed by atoms with Crippen LogP contribution in [0.2, 0.25) is 0 Å². The molecule has 3 N–H and O–H groups in total. The number of phenols is 3. The summed E-state index contributed by atoms with van der Waals surface area (Å²) in [6.07, 6.45) is 0. The molecule has 3 aromatic rings. The van der Waals surface area contributed by atoms with Crippen molar-refractivity contribution in [2.45, 2.75) is 13.5 Å². The lowest BCUT2D eigenvalue weighted by atomic mass is 9.79. The minimum absolute atomic E-state index is 0.0417. The predicted octanol–water partition coefficient (Wildman–Crippen LogP) is 3.24. The normalized spacial score (nSPS) is 12.3. The van der Waals surface area contributed by atoms with E-state index >= 15 is 0 Å². The number of ether oxygens (including phenoxy) is 1. The zero-order chi connectivity index (χ0) is 21.6. The fourth-order valence-electron chi connectivity index (χ4n) is 3.62. The van der Waals surface area contributed by atoms with Gasteiger partial charge in [0.15, 0.2) is 11.6 Å². The zero-order valence-corrected chi connectivity index (χ0v) is 15.8. The second kappa shape index (κ2) is 7.04. The van der Waals surface area contributed by atoms with E-state index in [1.807, 2.05) is 6.07 Å². The van der Waals surface area contributed by atoms with Crippen molar-refractivity contribution in [2.75, 3.05) is 0 Å². The number of hydrogen-bond donors (Lipinski definition) is 3. The molecule has 3 aromatic carbocycles. The van der Waals surface area contributed by atoms with Gasteiger partial charge in [0.1, 0.15) is 29.4 Å². The molecule has 0 aliphatic heterocycles. The first kappa shape index (κ1) is 19.2. The number of carbonyl (C=O) groups excluding carboxylic acids is 3. The number of hydrogen-bond acceptors (Lipinski definition) is 7. The van der Waals surface area contributed by atoms with Crippen LogP contribution >= 0.6 is 0 Å². The molecule has 7 nitrogen and oxygen atoms in total. The third-order valence-corrected chi connectivity index (χ3v) is 5.06. The minimum atomic E-state index is -0.858. The molecule has 0 saturated heterocycles. The van der Waals surface area contributed by atoms with E-state index < -0.39 is 34.8 Å². The largest absolute Gasteiger partial charge is 0.507 e. The van der Waals surface area contributed by atoms with Crippen LogP contribution in [-0.2, 0) is 11.3 Å². The molecule has 0 heterocycles. The molecular formula is C23H16O7. The van der Waals surface area contributed by atoms with E-state index in [1.54, 1.807) is 24.3 Å². The van der Waals surface area contributed by atoms with Crippen molar-refractivity contribution in [1.82, 2.24) is 0 Å². The lowest BCUT2D eigenvalue weighted by molar-refractivity contribution is 0.0468. The number of carbonyl (C=O) groups is 3. The summed E-state index contributed by atoms with van der Waals surface area (Å²) in [4.78, 5) is 38.6. The average molecular weight is 404 g/mol. The lowest BCUT2D eigenvalue weighted by Gasteiger charge is -2.22. The van der Waals surface area contributed by atoms with E-state index in [1.165, 1.54) is 6.92 Å². The third-order valence-electron chi connectivity index (χ3n) is 5.06. The van der Waals surface area contributed by atoms with Gasteiger partial charge in [0.25, 0.3) is 0 Å². The third kappa shape index (κ3) is 2.88. The highest BCUT2D eigenvalue weighted by Gasteiger charge is 2.38. The first-order valence-corrected chi connectivity index (χ1v) is 9.03. The maximum Gasteiger partial charge on any atom is 0.342 e. The predicted molar refractivity (Wildman–Crippen MR) is 105 cm³/mol. The monoisotopic (exact) mass is 404 g/mol. The Balaban J connectivity index is 1.79. The smallest absolute Gasteiger partial charge is 0.342 e. The van der Waals surface area contributed by atoms with Crippen LogP contribution in [0.25, 0.3) is 0 Å². The summed E-state index contributed by atoms with van der Waals surface area (Å²) >= 11 is 0. The van der Waals surface area contributed by atoms with Gasteiger partial charge in [0.2, 0.25) is 0 Å². The van der Waals surface area contributed by atoms with E-state index in [4.69, 9.17) is 4.74 Å². The fourth-order valence-corrected chi connectivity index (χ4v) is 3.62. The van der Waals surface area contributed by atoms with Crippen molar-refractivity contribution in [3.63, 3.8) is 0 Å². The zero-order valence-electron chi connectivity index (χ0n) is 15.8. The quantitative estimate of drug-likeness (QED) is 0.354. The molecule has 0 fully saturated rings. The van der Waals surface area contributed by atoms with Gasteiger partial charge in [0.05, 0.1) is 11.1 Å². The van der Waals surface area contributed by atoms with E-state index in [0.29, 0.717) is 0 Å². The van der Waals surface area contributed by atoms with Crippen molar-refractivity contribution in [2.24, 2.45) is 0 Å². The van der Waals surface area contributed by atoms with Crippen LogP contribution in [0, 0.1) is 6.92 Å². The SMILES string of the molecule is Cc1c(C(=O)OCc2ccccc2)c(O)cc2c1C(=O)c1c(O)ccc(O)c1C2=O. The summed E-state index contributed by atoms with van der Waals surface area (Å²) in [5.41, 5.74) is -0.429. The Bertz CT molecular complexity index is 1230. The van der Waals surface area contributed by atoms with Crippen LogP contribution in [0.4, 0.5) is 0 Å². The van der Waals surface area contributed by atoms with Crippen LogP contribution < -0.4 is 0 Å². The molecule has 0 spiro atoms. The van der Waals surface area contributed by atoms with Gasteiger partial charge in [-0.3, -0.25) is 9.59 Å². The molecule has 0 saturated carbocycles. The van der Waals surface area contributed by atoms with Gasteiger partial charge in [0, 0.05) is 11.1 Å². The van der Waals surface area contributed by atoms with Gasteiger partial charge in [-0.2, -0.15) is 0 Å². The molecule has 4 rings (SSSR count). The van der Waals surface area contributed by atoms with Gasteiger partial charge in [-0.15, -0.1) is 0 Å². The maximum absolute atomic E-state index is 13.1. The summed E-state index contributed by atoms with van der Waals surface area (Å²) in [6, 6.07) is 12.1. The van der Waals surface area contributed by atoms with Gasteiger partial charge >= 0.3 is 5.97 Å². The summed E-state index contributed by atoms with van der Waals surface area (Å²) in [6.45, 7) is 1.37. The topological polar surface area (TPSA) is 121 Å². The number of fused-ring (bicyclic) bond motifs is 2. The van der Waals surface area contributed by atoms with Crippen molar-refractivity contribution in [3.05, 3.63) is 87.5 Å². The number of rotatable bonds is 3. The van der Waals surface area contributed by atoms with Gasteiger partial charge < -0.3 is 20.1 Å². The highest BCUT2D eigenvalue weighted by molar-refractivity contribution is 6.31. The Morgan fingerprint density at radius 1 is 0.833 bits per heavy atom. The summed E-state index contributed by atoms with van der Waals surface area (Å²) < 4.78 is 5.26. The lowest BCUT2D eigenvalue weighted by Crippen LogP contribution is -2.24. The van der Waals surface area contributed by atoms with E-state index in [2.05, 4.69) is 0 Å². The van der Waals surface area contributed by atoms with E-state index in [0.717, 1.165) is 23.8 Å². The van der Waals surface area contributed by atoms with Crippen LogP contribution in [0.1, 0.15) is 53.3 Å². The first-order valence-electron chi connectivity index (χ1n) is 9.03. The Morgan fingerprint density at radius 2 is 1.43 bits per heavy atom. The second-order valence-electron chi connectivity index (χ2n) is 6.89. The van der Waals surface area contributed by atoms with Crippen LogP contribution in [0.15, 0.2) is 48.5 Å². The Kier molecular flexibility index (Phi) is 4.50. The number of ketones is 2. The highest BCUT2D eigenvalue weighted by Crippen LogP contribution is 2.41. The fraction of sp³-hybridized carbons (Fsp3) is 0.0870. The molecule has 150 valence electrons.